The van der Waals surface area contributed by atoms with Gasteiger partial charge in [-0.15, -0.1) is 0 Å². The predicted molar refractivity (Wildman–Crippen MR) is 197 cm³/mol. The fraction of sp³-hybridized carbons (Fsp3) is 0.216. The first kappa shape index (κ1) is 29.7. The first-order valence-electron chi connectivity index (χ1n) is 15.9. The number of hydrogen-bond donors (Lipinski definition) is 3. The smallest absolute Gasteiger partial charge is 0.138 e. The molecule has 0 aliphatic carbocycles. The quantitative estimate of drug-likeness (QED) is 0.118. The summed E-state index contributed by atoms with van der Waals surface area (Å²) < 4.78 is 6.17. The molecule has 10 heteroatoms. The van der Waals surface area contributed by atoms with Crippen LogP contribution in [0.4, 0.5) is 0 Å². The van der Waals surface area contributed by atoms with Gasteiger partial charge in [0.25, 0.3) is 0 Å². The minimum Gasteiger partial charge on any atom is -0.457 e. The molecule has 0 atom stereocenters. The molecule has 0 radical (unpaired) electrons. The van der Waals surface area contributed by atoms with E-state index < -0.39 is 0 Å². The summed E-state index contributed by atoms with van der Waals surface area (Å²) >= 11 is 3.95. The normalized spacial score (nSPS) is 15.3. The molecule has 0 saturated carbocycles. The van der Waals surface area contributed by atoms with Crippen LogP contribution >= 0.6 is 23.5 Å². The highest BCUT2D eigenvalue weighted by Crippen LogP contribution is 2.30. The summed E-state index contributed by atoms with van der Waals surface area (Å²) in [5, 5.41) is 8.67. The number of H-pyrrole nitrogens is 2. The van der Waals surface area contributed by atoms with Crippen LogP contribution in [0.15, 0.2) is 91.5 Å². The Bertz CT molecular complexity index is 1920. The zero-order valence-corrected chi connectivity index (χ0v) is 27.6. The van der Waals surface area contributed by atoms with E-state index in [2.05, 4.69) is 44.5 Å². The van der Waals surface area contributed by atoms with E-state index >= 15 is 0 Å². The van der Waals surface area contributed by atoms with Crippen LogP contribution in [0.1, 0.15) is 11.1 Å². The lowest BCUT2D eigenvalue weighted by Crippen LogP contribution is -2.37. The average molecular weight is 658 g/mol. The van der Waals surface area contributed by atoms with Crippen LogP contribution in [-0.4, -0.2) is 84.8 Å². The van der Waals surface area contributed by atoms with Crippen LogP contribution in [-0.2, 0) is 0 Å². The molecule has 236 valence electrons. The number of ether oxygens (including phenoxy) is 1. The van der Waals surface area contributed by atoms with Crippen molar-refractivity contribution < 1.29 is 4.74 Å². The monoisotopic (exact) mass is 657 g/mol. The minimum absolute atomic E-state index is 0.582. The molecule has 0 bridgehead atoms. The van der Waals surface area contributed by atoms with Crippen molar-refractivity contribution in [3.05, 3.63) is 103 Å². The molecule has 8 nitrogen and oxygen atoms in total. The highest BCUT2D eigenvalue weighted by atomic mass is 32.2. The summed E-state index contributed by atoms with van der Waals surface area (Å²) in [6, 6.07) is 28.3. The van der Waals surface area contributed by atoms with Crippen LogP contribution in [0.5, 0.6) is 11.5 Å². The molecule has 2 fully saturated rings. The Kier molecular flexibility index (Phi) is 8.12. The number of nitrogens with one attached hydrogen (secondary N) is 3. The molecule has 0 unspecified atom stereocenters. The van der Waals surface area contributed by atoms with Crippen LogP contribution in [0.25, 0.3) is 50.5 Å². The maximum absolute atomic E-state index is 8.67. The summed E-state index contributed by atoms with van der Waals surface area (Å²) in [4.78, 5) is 21.1. The number of aromatic nitrogens is 4. The van der Waals surface area contributed by atoms with Crippen LogP contribution in [0.2, 0.25) is 0 Å². The van der Waals surface area contributed by atoms with Crippen LogP contribution in [0.3, 0.4) is 0 Å². The van der Waals surface area contributed by atoms with Crippen molar-refractivity contribution in [3.63, 3.8) is 0 Å². The number of rotatable bonds is 7. The summed E-state index contributed by atoms with van der Waals surface area (Å²) in [6.45, 7) is 8.30. The summed E-state index contributed by atoms with van der Waals surface area (Å²) in [6.07, 6.45) is 0. The van der Waals surface area contributed by atoms with Gasteiger partial charge in [0.1, 0.15) is 29.0 Å². The van der Waals surface area contributed by atoms with Gasteiger partial charge in [0, 0.05) is 71.6 Å². The van der Waals surface area contributed by atoms with E-state index in [0.717, 1.165) is 122 Å². The van der Waals surface area contributed by atoms with Gasteiger partial charge in [0.2, 0.25) is 0 Å². The Morgan fingerprint density at radius 3 is 1.64 bits per heavy atom. The highest BCUT2D eigenvalue weighted by molar-refractivity contribution is 7.99. The first-order valence-corrected chi connectivity index (χ1v) is 18.2. The largest absolute Gasteiger partial charge is 0.457 e. The molecule has 8 rings (SSSR count). The molecular formula is C37H35N7OS2. The molecule has 47 heavy (non-hydrogen) atoms. The number of benzene rings is 4. The van der Waals surface area contributed by atoms with Gasteiger partial charge in [-0.05, 0) is 84.4 Å². The summed E-state index contributed by atoms with van der Waals surface area (Å²) in [7, 11) is 0. The molecule has 0 amide bonds. The molecule has 2 saturated heterocycles. The summed E-state index contributed by atoms with van der Waals surface area (Å²) in [5.41, 5.74) is 8.86. The van der Waals surface area contributed by atoms with Gasteiger partial charge in [-0.2, -0.15) is 23.5 Å². The standard InChI is InChI=1S/C37H35N7OS2/c1-24(43-14-18-46-19-15-43)27-6-12-31-33(22-27)41-36(39-31)25-2-8-29(9-3-25)45-30-10-4-26(5-11-30)37-40-32-13-7-28(23-34(32)42-37)35(38)44-16-20-47-21-17-44/h2-13,22-23,38H,1,14-21H2,(H,39,41)(H,40,42). The van der Waals surface area contributed by atoms with Gasteiger partial charge in [0.15, 0.2) is 0 Å². The van der Waals surface area contributed by atoms with Crippen LogP contribution < -0.4 is 4.74 Å². The second-order valence-electron chi connectivity index (χ2n) is 11.8. The second-order valence-corrected chi connectivity index (χ2v) is 14.2. The SMILES string of the molecule is C=C(c1ccc2nc(-c3ccc(Oc4ccc(-c5nc6ccc(C(=N)N7CCSCC7)cc6[nH]5)cc4)cc3)[nH]c2c1)N1CCSCC1. The van der Waals surface area contributed by atoms with E-state index in [1.807, 2.05) is 90.3 Å². The molecule has 6 aromatic rings. The van der Waals surface area contributed by atoms with Crippen molar-refractivity contribution in [3.8, 4) is 34.3 Å². The van der Waals surface area contributed by atoms with E-state index in [0.29, 0.717) is 5.84 Å². The molecule has 4 aromatic carbocycles. The third-order valence-corrected chi connectivity index (χ3v) is 10.7. The molecule has 2 aliphatic heterocycles. The van der Waals surface area contributed by atoms with E-state index in [4.69, 9.17) is 20.1 Å². The fourth-order valence-electron chi connectivity index (χ4n) is 6.10. The Morgan fingerprint density at radius 1 is 0.638 bits per heavy atom. The number of amidine groups is 1. The van der Waals surface area contributed by atoms with Gasteiger partial charge < -0.3 is 24.5 Å². The van der Waals surface area contributed by atoms with Crippen molar-refractivity contribution in [2.45, 2.75) is 0 Å². The molecule has 3 N–H and O–H groups in total. The van der Waals surface area contributed by atoms with E-state index in [1.54, 1.807) is 0 Å². The van der Waals surface area contributed by atoms with E-state index in [-0.39, 0.29) is 0 Å². The molecule has 2 aromatic heterocycles. The van der Waals surface area contributed by atoms with E-state index in [9.17, 15) is 0 Å². The third kappa shape index (κ3) is 6.23. The van der Waals surface area contributed by atoms with Gasteiger partial charge >= 0.3 is 0 Å². The van der Waals surface area contributed by atoms with Crippen molar-refractivity contribution in [1.29, 1.82) is 5.41 Å². The third-order valence-electron chi connectivity index (χ3n) is 8.78. The lowest BCUT2D eigenvalue weighted by molar-refractivity contribution is 0.440. The molecule has 2 aliphatic rings. The number of hydrogen-bond acceptors (Lipinski definition) is 7. The maximum Gasteiger partial charge on any atom is 0.138 e. The first-order chi connectivity index (χ1) is 23.1. The maximum atomic E-state index is 8.67. The summed E-state index contributed by atoms with van der Waals surface area (Å²) in [5.74, 6) is 8.14. The molecule has 4 heterocycles. The van der Waals surface area contributed by atoms with Gasteiger partial charge in [-0.1, -0.05) is 12.6 Å². The Morgan fingerprint density at radius 2 is 1.11 bits per heavy atom. The Balaban J connectivity index is 0.932. The van der Waals surface area contributed by atoms with Gasteiger partial charge in [-0.3, -0.25) is 5.41 Å². The topological polar surface area (TPSA) is 96.9 Å². The average Bonchev–Trinajstić information content (AvgIpc) is 3.76. The number of aromatic amines is 2. The second kappa shape index (κ2) is 12.8. The van der Waals surface area contributed by atoms with Crippen molar-refractivity contribution >= 4 is 57.1 Å². The lowest BCUT2D eigenvalue weighted by Gasteiger charge is -2.30. The number of nitrogens with zero attached hydrogens (tertiary/aromatic N) is 4. The zero-order valence-electron chi connectivity index (χ0n) is 26.0. The predicted octanol–water partition coefficient (Wildman–Crippen LogP) is 7.96. The van der Waals surface area contributed by atoms with Crippen molar-refractivity contribution in [1.82, 2.24) is 29.7 Å². The van der Waals surface area contributed by atoms with Crippen molar-refractivity contribution in [2.24, 2.45) is 0 Å². The fourth-order valence-corrected chi connectivity index (χ4v) is 7.91. The highest BCUT2D eigenvalue weighted by Gasteiger charge is 2.17. The Hall–Kier alpha value is -4.67. The Labute approximate surface area is 282 Å². The number of thioether (sulfide) groups is 2. The minimum atomic E-state index is 0.582. The van der Waals surface area contributed by atoms with E-state index in [1.165, 1.54) is 0 Å². The molecular weight excluding hydrogens is 623 g/mol. The van der Waals surface area contributed by atoms with Crippen LogP contribution in [0, 0.1) is 5.41 Å². The van der Waals surface area contributed by atoms with Gasteiger partial charge in [0.05, 0.1) is 22.1 Å². The number of imidazole rings is 2. The van der Waals surface area contributed by atoms with Crippen molar-refractivity contribution in [2.75, 3.05) is 49.2 Å². The van der Waals surface area contributed by atoms with Gasteiger partial charge in [-0.25, -0.2) is 9.97 Å². The molecule has 0 spiro atoms. The lowest BCUT2D eigenvalue weighted by atomic mass is 10.1. The zero-order chi connectivity index (χ0) is 31.7. The number of fused-ring (bicyclic) bond motifs is 2.